The minimum Gasteiger partial charge on any atom is -0.368 e. The van der Waals surface area contributed by atoms with Crippen LogP contribution in [0.4, 0.5) is 4.79 Å². The molecule has 2 fully saturated rings. The molecular weight excluding hydrogens is 576 g/mol. The lowest BCUT2D eigenvalue weighted by Crippen LogP contribution is -2.60. The monoisotopic (exact) mass is 640 g/mol. The number of nitrogens with zero attached hydrogens (tertiary/aromatic N) is 1. The number of nitrogens with two attached hydrogens (primary N) is 2. The molecule has 0 aromatic carbocycles. The molecule has 1 heterocycles. The van der Waals surface area contributed by atoms with Crippen LogP contribution in [0.15, 0.2) is 0 Å². The quantitative estimate of drug-likeness (QED) is 0.226. The van der Waals surface area contributed by atoms with Crippen molar-refractivity contribution in [1.29, 1.82) is 0 Å². The summed E-state index contributed by atoms with van der Waals surface area (Å²) in [5.41, 5.74) is 10.0. The van der Waals surface area contributed by atoms with Crippen LogP contribution in [0.5, 0.6) is 0 Å². The Labute approximate surface area is 271 Å². The summed E-state index contributed by atoms with van der Waals surface area (Å²) in [4.78, 5) is 74.8. The van der Waals surface area contributed by atoms with Crippen LogP contribution in [0.1, 0.15) is 122 Å². The average molecular weight is 641 g/mol. The number of primary amides is 2. The zero-order chi connectivity index (χ0) is 35.7. The molecule has 3 atom stereocenters. The van der Waals surface area contributed by atoms with Gasteiger partial charge in [0.15, 0.2) is 0 Å². The van der Waals surface area contributed by atoms with Gasteiger partial charge in [-0.25, -0.2) is 4.79 Å². The van der Waals surface area contributed by atoms with Crippen LogP contribution in [0.25, 0.3) is 0 Å². The van der Waals surface area contributed by atoms with Gasteiger partial charge in [-0.15, -0.1) is 0 Å². The third-order valence-corrected chi connectivity index (χ3v) is 6.32. The molecular formula is C33H64N6O6. The number of hydrogen-bond acceptors (Lipinski definition) is 6. The van der Waals surface area contributed by atoms with E-state index in [-0.39, 0.29) is 12.5 Å². The minimum absolute atomic E-state index is 0.239. The fourth-order valence-electron chi connectivity index (χ4n) is 4.20. The first-order chi connectivity index (χ1) is 20.5. The number of amides is 6. The van der Waals surface area contributed by atoms with Gasteiger partial charge in [0.1, 0.15) is 12.1 Å². The van der Waals surface area contributed by atoms with E-state index in [9.17, 15) is 28.8 Å². The Morgan fingerprint density at radius 2 is 1.31 bits per heavy atom. The van der Waals surface area contributed by atoms with Crippen molar-refractivity contribution in [2.45, 2.75) is 140 Å². The number of urea groups is 1. The summed E-state index contributed by atoms with van der Waals surface area (Å²) in [5.74, 6) is -2.61. The van der Waals surface area contributed by atoms with Gasteiger partial charge >= 0.3 is 6.03 Å². The zero-order valence-electron chi connectivity index (χ0n) is 30.1. The fraction of sp³-hybridized carbons (Fsp3) is 0.818. The predicted octanol–water partition coefficient (Wildman–Crippen LogP) is 3.65. The van der Waals surface area contributed by atoms with Crippen LogP contribution in [0.2, 0.25) is 0 Å². The van der Waals surface area contributed by atoms with Gasteiger partial charge in [0.25, 0.3) is 5.91 Å². The smallest absolute Gasteiger partial charge is 0.315 e. The number of rotatable bonds is 10. The third-order valence-electron chi connectivity index (χ3n) is 6.32. The Bertz CT molecular complexity index is 957. The van der Waals surface area contributed by atoms with Crippen LogP contribution in [-0.2, 0) is 24.0 Å². The van der Waals surface area contributed by atoms with Gasteiger partial charge in [0.2, 0.25) is 23.5 Å². The van der Waals surface area contributed by atoms with Crippen LogP contribution >= 0.6 is 0 Å². The molecule has 45 heavy (non-hydrogen) atoms. The molecule has 262 valence electrons. The number of Topliss-reactive ketones (excluding diaryl/α,β-unsaturated/α-hetero) is 1. The number of carbonyl (C=O) groups excluding carboxylic acids is 6. The number of likely N-dealkylation sites (tertiary alicyclic amines) is 1. The highest BCUT2D eigenvalue weighted by molar-refractivity contribution is 6.37. The van der Waals surface area contributed by atoms with Gasteiger partial charge in [-0.05, 0) is 41.9 Å². The highest BCUT2D eigenvalue weighted by Crippen LogP contribution is 2.31. The number of ketones is 1. The molecule has 0 spiro atoms. The topological polar surface area (TPSA) is 194 Å². The molecule has 6 amide bonds. The van der Waals surface area contributed by atoms with E-state index in [4.69, 9.17) is 11.5 Å². The van der Waals surface area contributed by atoms with Crippen molar-refractivity contribution in [3.8, 4) is 0 Å². The van der Waals surface area contributed by atoms with Crippen LogP contribution in [-0.4, -0.2) is 71.6 Å². The van der Waals surface area contributed by atoms with Crippen molar-refractivity contribution in [3.05, 3.63) is 0 Å². The van der Waals surface area contributed by atoms with E-state index in [1.807, 2.05) is 13.8 Å². The van der Waals surface area contributed by atoms with Gasteiger partial charge in [-0.3, -0.25) is 24.0 Å². The molecule has 1 saturated carbocycles. The molecule has 2 unspecified atom stereocenters. The molecule has 0 aromatic heterocycles. The molecule has 2 rings (SSSR count). The Morgan fingerprint density at radius 1 is 0.822 bits per heavy atom. The standard InChI is InChI=1S/C22H36N6O6.C5H12.C4H10.C2H6/c1-22(2,3)17(27-21(34)25-11-15(23)29)20(33)28-9-5-8-14(28)19(32)26-13(16(30)18(24)31)10-12-6-4-7-12;1-5(2,3)4;1-4(2)3;1-2/h12-14,17H,4-11H2,1-3H3,(H2,23,29)(H2,24,31)(H,26,32)(H2,25,27,34);1-4H3;4H,1-3H3;1-2H3/t13?,14-,17?;;;/m0.../s1. The molecule has 7 N–H and O–H groups in total. The maximum Gasteiger partial charge on any atom is 0.315 e. The second kappa shape index (κ2) is 20.8. The molecule has 0 bridgehead atoms. The number of hydrogen-bond donors (Lipinski definition) is 5. The first-order valence-corrected chi connectivity index (χ1v) is 16.3. The van der Waals surface area contributed by atoms with Crippen molar-refractivity contribution in [1.82, 2.24) is 20.9 Å². The lowest BCUT2D eigenvalue weighted by atomic mass is 9.80. The van der Waals surface area contributed by atoms with Gasteiger partial charge in [-0.2, -0.15) is 0 Å². The van der Waals surface area contributed by atoms with E-state index in [0.717, 1.165) is 25.2 Å². The highest BCUT2D eigenvalue weighted by Gasteiger charge is 2.43. The van der Waals surface area contributed by atoms with Crippen molar-refractivity contribution >= 4 is 35.4 Å². The molecule has 0 radical (unpaired) electrons. The van der Waals surface area contributed by atoms with Gasteiger partial charge < -0.3 is 32.3 Å². The van der Waals surface area contributed by atoms with E-state index in [0.29, 0.717) is 31.2 Å². The summed E-state index contributed by atoms with van der Waals surface area (Å²) in [6.07, 6.45) is 4.15. The zero-order valence-corrected chi connectivity index (χ0v) is 30.1. The van der Waals surface area contributed by atoms with Crippen molar-refractivity contribution in [2.75, 3.05) is 13.1 Å². The van der Waals surface area contributed by atoms with E-state index >= 15 is 0 Å². The van der Waals surface area contributed by atoms with Crippen LogP contribution in [0.3, 0.4) is 0 Å². The lowest BCUT2D eigenvalue weighted by molar-refractivity contribution is -0.143. The normalized spacial score (nSPS) is 17.4. The summed E-state index contributed by atoms with van der Waals surface area (Å²) < 4.78 is 0. The molecule has 1 aliphatic carbocycles. The molecule has 0 aromatic rings. The van der Waals surface area contributed by atoms with Crippen molar-refractivity contribution < 1.29 is 28.8 Å². The van der Waals surface area contributed by atoms with E-state index in [2.05, 4.69) is 64.4 Å². The maximum absolute atomic E-state index is 13.4. The third kappa shape index (κ3) is 19.7. The Kier molecular flexibility index (Phi) is 20.3. The minimum atomic E-state index is -1.11. The maximum atomic E-state index is 13.4. The fourth-order valence-corrected chi connectivity index (χ4v) is 4.20. The molecule has 1 aliphatic heterocycles. The molecule has 1 saturated heterocycles. The highest BCUT2D eigenvalue weighted by atomic mass is 16.2. The second-order valence-electron chi connectivity index (χ2n) is 14.8. The summed E-state index contributed by atoms with van der Waals surface area (Å²) in [6, 6.07) is -3.60. The predicted molar refractivity (Wildman–Crippen MR) is 179 cm³/mol. The van der Waals surface area contributed by atoms with Crippen LogP contribution < -0.4 is 27.4 Å². The Morgan fingerprint density at radius 3 is 1.69 bits per heavy atom. The van der Waals surface area contributed by atoms with Gasteiger partial charge in [0, 0.05) is 6.54 Å². The van der Waals surface area contributed by atoms with Gasteiger partial charge in [-0.1, -0.05) is 102 Å². The molecule has 12 nitrogen and oxygen atoms in total. The average Bonchev–Trinajstić information content (AvgIpc) is 3.36. The van der Waals surface area contributed by atoms with E-state index < -0.39 is 59.0 Å². The summed E-state index contributed by atoms with van der Waals surface area (Å²) >= 11 is 0. The van der Waals surface area contributed by atoms with Crippen LogP contribution in [0, 0.1) is 22.7 Å². The van der Waals surface area contributed by atoms with E-state index in [1.165, 1.54) is 4.90 Å². The molecule has 12 heteroatoms. The first-order valence-electron chi connectivity index (χ1n) is 16.3. The Hall–Kier alpha value is -3.18. The van der Waals surface area contributed by atoms with Crippen molar-refractivity contribution in [2.24, 2.45) is 34.1 Å². The summed E-state index contributed by atoms with van der Waals surface area (Å²) in [6.45, 7) is 24.4. The Balaban J connectivity index is 0. The number of carbonyl (C=O) groups is 6. The molecule has 2 aliphatic rings. The van der Waals surface area contributed by atoms with E-state index in [1.54, 1.807) is 20.8 Å². The first kappa shape index (κ1) is 43.9. The summed E-state index contributed by atoms with van der Waals surface area (Å²) in [7, 11) is 0. The summed E-state index contributed by atoms with van der Waals surface area (Å²) in [5, 5.41) is 7.50. The second-order valence-corrected chi connectivity index (χ2v) is 14.8. The number of nitrogens with one attached hydrogen (secondary N) is 3. The largest absolute Gasteiger partial charge is 0.368 e. The van der Waals surface area contributed by atoms with Crippen molar-refractivity contribution in [3.63, 3.8) is 0 Å². The lowest BCUT2D eigenvalue weighted by Gasteiger charge is -2.36. The van der Waals surface area contributed by atoms with Gasteiger partial charge in [0.05, 0.1) is 12.6 Å². The SMILES string of the molecule is CC.CC(C)(C)C.CC(C)(C)C(NC(=O)NCC(N)=O)C(=O)N1CCC[C@H]1C(=O)NC(CC1CCC1)C(=O)C(N)=O.CC(C)C.